The summed E-state index contributed by atoms with van der Waals surface area (Å²) in [6, 6.07) is 11.8. The number of hydrogen-bond donors (Lipinski definition) is 2. The van der Waals surface area contributed by atoms with Crippen molar-refractivity contribution in [2.75, 3.05) is 12.4 Å². The lowest BCUT2D eigenvalue weighted by molar-refractivity contribution is -0.111. The van der Waals surface area contributed by atoms with Gasteiger partial charge in [-0.3, -0.25) is 4.79 Å². The molecule has 0 saturated carbocycles. The summed E-state index contributed by atoms with van der Waals surface area (Å²) in [5.41, 5.74) is 0.737. The minimum Gasteiger partial charge on any atom is -0.320 e. The number of benzene rings is 2. The third kappa shape index (κ3) is 4.48. The van der Waals surface area contributed by atoms with Crippen molar-refractivity contribution in [3.8, 4) is 0 Å². The Hall–Kier alpha value is -2.51. The van der Waals surface area contributed by atoms with E-state index < -0.39 is 21.7 Å². The maximum atomic E-state index is 13.4. The molecule has 2 rings (SSSR count). The molecule has 0 aliphatic heterocycles. The molecule has 5 nitrogen and oxygen atoms in total. The zero-order valence-electron chi connectivity index (χ0n) is 12.3. The van der Waals surface area contributed by atoms with Gasteiger partial charge in [-0.05, 0) is 43.0 Å². The molecule has 0 saturated heterocycles. The molecule has 120 valence electrons. The SMILES string of the molecule is CNS(=O)(=O)c1ccc(/C=C/C(=O)Nc2ccccc2F)cc1. The summed E-state index contributed by atoms with van der Waals surface area (Å²) in [6.07, 6.45) is 2.75. The van der Waals surface area contributed by atoms with Gasteiger partial charge in [0.05, 0.1) is 10.6 Å². The number of carbonyl (C=O) groups excluding carboxylic acids is 1. The van der Waals surface area contributed by atoms with Gasteiger partial charge in [-0.25, -0.2) is 17.5 Å². The molecule has 0 unspecified atom stereocenters. The number of nitrogens with one attached hydrogen (secondary N) is 2. The van der Waals surface area contributed by atoms with Crippen LogP contribution in [-0.4, -0.2) is 21.4 Å². The zero-order valence-corrected chi connectivity index (χ0v) is 13.1. The standard InChI is InChI=1S/C16H15FN2O3S/c1-18-23(21,22)13-9-6-12(7-10-13)8-11-16(20)19-15-5-3-2-4-14(15)17/h2-11,18H,1H3,(H,19,20)/b11-8+. The Morgan fingerprint density at radius 1 is 1.09 bits per heavy atom. The summed E-state index contributed by atoms with van der Waals surface area (Å²) < 4.78 is 38.8. The van der Waals surface area contributed by atoms with Crippen molar-refractivity contribution in [3.05, 3.63) is 66.0 Å². The number of carbonyl (C=O) groups is 1. The van der Waals surface area contributed by atoms with Crippen molar-refractivity contribution in [2.24, 2.45) is 0 Å². The number of amides is 1. The second-order valence-corrected chi connectivity index (χ2v) is 6.47. The van der Waals surface area contributed by atoms with E-state index in [0.717, 1.165) is 0 Å². The Labute approximate surface area is 133 Å². The highest BCUT2D eigenvalue weighted by Crippen LogP contribution is 2.13. The molecule has 0 bridgehead atoms. The van der Waals surface area contributed by atoms with Crippen LogP contribution in [0.15, 0.2) is 59.5 Å². The number of sulfonamides is 1. The first kappa shape index (κ1) is 16.9. The van der Waals surface area contributed by atoms with E-state index >= 15 is 0 Å². The summed E-state index contributed by atoms with van der Waals surface area (Å²) in [4.78, 5) is 11.9. The predicted octanol–water partition coefficient (Wildman–Crippen LogP) is 2.39. The fourth-order valence-electron chi connectivity index (χ4n) is 1.78. The van der Waals surface area contributed by atoms with E-state index in [4.69, 9.17) is 0 Å². The Bertz CT molecular complexity index is 831. The van der Waals surface area contributed by atoms with Gasteiger partial charge >= 0.3 is 0 Å². The summed E-state index contributed by atoms with van der Waals surface area (Å²) in [7, 11) is -2.16. The fraction of sp³-hybridized carbons (Fsp3) is 0.0625. The van der Waals surface area contributed by atoms with Gasteiger partial charge in [0.1, 0.15) is 5.82 Å². The molecule has 23 heavy (non-hydrogen) atoms. The maximum Gasteiger partial charge on any atom is 0.248 e. The largest absolute Gasteiger partial charge is 0.320 e. The second-order valence-electron chi connectivity index (χ2n) is 4.58. The molecule has 7 heteroatoms. The molecule has 1 amide bonds. The Kier molecular flexibility index (Phi) is 5.25. The van der Waals surface area contributed by atoms with E-state index in [-0.39, 0.29) is 10.6 Å². The molecule has 2 N–H and O–H groups in total. The van der Waals surface area contributed by atoms with Gasteiger partial charge in [0, 0.05) is 6.08 Å². The fourth-order valence-corrected chi connectivity index (χ4v) is 2.51. The molecular weight excluding hydrogens is 319 g/mol. The highest BCUT2D eigenvalue weighted by molar-refractivity contribution is 7.89. The average molecular weight is 334 g/mol. The number of anilines is 1. The zero-order chi connectivity index (χ0) is 16.9. The molecule has 0 spiro atoms. The Balaban J connectivity index is 2.06. The molecule has 2 aromatic carbocycles. The normalized spacial score (nSPS) is 11.6. The van der Waals surface area contributed by atoms with E-state index in [9.17, 15) is 17.6 Å². The minimum atomic E-state index is -3.49. The lowest BCUT2D eigenvalue weighted by Gasteiger charge is -2.03. The van der Waals surface area contributed by atoms with Crippen molar-refractivity contribution >= 4 is 27.7 Å². The molecule has 0 fully saturated rings. The molecule has 0 aliphatic carbocycles. The number of hydrogen-bond acceptors (Lipinski definition) is 3. The molecule has 0 heterocycles. The van der Waals surface area contributed by atoms with Gasteiger partial charge in [-0.15, -0.1) is 0 Å². The quantitative estimate of drug-likeness (QED) is 0.825. The first-order valence-corrected chi connectivity index (χ1v) is 8.18. The molecule has 2 aromatic rings. The average Bonchev–Trinajstić information content (AvgIpc) is 2.55. The first-order valence-electron chi connectivity index (χ1n) is 6.69. The molecule has 0 aliphatic rings. The van der Waals surface area contributed by atoms with Crippen LogP contribution in [0.25, 0.3) is 6.08 Å². The number of para-hydroxylation sites is 1. The predicted molar refractivity (Wildman–Crippen MR) is 86.8 cm³/mol. The molecule has 0 aromatic heterocycles. The van der Waals surface area contributed by atoms with Gasteiger partial charge in [0.15, 0.2) is 0 Å². The second kappa shape index (κ2) is 7.17. The van der Waals surface area contributed by atoms with Crippen molar-refractivity contribution < 1.29 is 17.6 Å². The molecule has 0 radical (unpaired) electrons. The van der Waals surface area contributed by atoms with E-state index in [2.05, 4.69) is 10.0 Å². The highest BCUT2D eigenvalue weighted by Gasteiger charge is 2.09. The highest BCUT2D eigenvalue weighted by atomic mass is 32.2. The van der Waals surface area contributed by atoms with E-state index in [0.29, 0.717) is 5.56 Å². The van der Waals surface area contributed by atoms with Crippen molar-refractivity contribution in [2.45, 2.75) is 4.90 Å². The van der Waals surface area contributed by atoms with Crippen LogP contribution in [0.5, 0.6) is 0 Å². The molecule has 0 atom stereocenters. The summed E-state index contributed by atoms with van der Waals surface area (Å²) in [5.74, 6) is -1.00. The van der Waals surface area contributed by atoms with Crippen molar-refractivity contribution in [3.63, 3.8) is 0 Å². The van der Waals surface area contributed by atoms with Crippen molar-refractivity contribution in [1.82, 2.24) is 4.72 Å². The third-order valence-corrected chi connectivity index (χ3v) is 4.45. The maximum absolute atomic E-state index is 13.4. The summed E-state index contributed by atoms with van der Waals surface area (Å²) >= 11 is 0. The number of halogens is 1. The van der Waals surface area contributed by atoms with E-state index in [1.165, 1.54) is 49.5 Å². The Morgan fingerprint density at radius 2 is 1.74 bits per heavy atom. The van der Waals surface area contributed by atoms with Gasteiger partial charge in [0.2, 0.25) is 15.9 Å². The van der Waals surface area contributed by atoms with Crippen LogP contribution in [0.1, 0.15) is 5.56 Å². The molecular formula is C16H15FN2O3S. The van der Waals surface area contributed by atoms with Crippen LogP contribution in [0.4, 0.5) is 10.1 Å². The van der Waals surface area contributed by atoms with Gasteiger partial charge < -0.3 is 5.32 Å². The van der Waals surface area contributed by atoms with Crippen LogP contribution in [-0.2, 0) is 14.8 Å². The van der Waals surface area contributed by atoms with E-state index in [1.807, 2.05) is 0 Å². The van der Waals surface area contributed by atoms with E-state index in [1.54, 1.807) is 18.2 Å². The van der Waals surface area contributed by atoms with Crippen LogP contribution >= 0.6 is 0 Å². The monoisotopic (exact) mass is 334 g/mol. The lowest BCUT2D eigenvalue weighted by atomic mass is 10.2. The minimum absolute atomic E-state index is 0.0950. The lowest BCUT2D eigenvalue weighted by Crippen LogP contribution is -2.18. The van der Waals surface area contributed by atoms with Crippen LogP contribution in [0.2, 0.25) is 0 Å². The first-order chi connectivity index (χ1) is 10.9. The van der Waals surface area contributed by atoms with Crippen LogP contribution < -0.4 is 10.0 Å². The van der Waals surface area contributed by atoms with Gasteiger partial charge in [-0.2, -0.15) is 0 Å². The van der Waals surface area contributed by atoms with Crippen LogP contribution in [0.3, 0.4) is 0 Å². The van der Waals surface area contributed by atoms with Gasteiger partial charge in [-0.1, -0.05) is 24.3 Å². The number of rotatable bonds is 5. The van der Waals surface area contributed by atoms with Gasteiger partial charge in [0.25, 0.3) is 0 Å². The topological polar surface area (TPSA) is 75.3 Å². The van der Waals surface area contributed by atoms with Crippen molar-refractivity contribution in [1.29, 1.82) is 0 Å². The van der Waals surface area contributed by atoms with Crippen LogP contribution in [0, 0.1) is 5.82 Å². The smallest absolute Gasteiger partial charge is 0.248 e. The Morgan fingerprint density at radius 3 is 2.35 bits per heavy atom. The summed E-state index contributed by atoms with van der Waals surface area (Å²) in [6.45, 7) is 0. The summed E-state index contributed by atoms with van der Waals surface area (Å²) in [5, 5.41) is 2.42. The third-order valence-electron chi connectivity index (χ3n) is 3.02.